The van der Waals surface area contributed by atoms with Gasteiger partial charge in [-0.3, -0.25) is 0 Å². The molecule has 0 aliphatic heterocycles. The Bertz CT molecular complexity index is 594. The van der Waals surface area contributed by atoms with Crippen LogP contribution in [-0.2, 0) is 8.27 Å². The lowest BCUT2D eigenvalue weighted by Gasteiger charge is -2.39. The Balaban J connectivity index is 6.11. The number of hydrogen-bond donors (Lipinski definition) is 0. The Morgan fingerprint density at radius 1 is 0.600 bits per heavy atom. The summed E-state index contributed by atoms with van der Waals surface area (Å²) in [6.07, 6.45) is -10.3. The molecule has 0 fully saturated rings. The summed E-state index contributed by atoms with van der Waals surface area (Å²) in [7, 11) is -4.71. The molecule has 25 heavy (non-hydrogen) atoms. The molecule has 0 aromatic heterocycles. The van der Waals surface area contributed by atoms with Gasteiger partial charge in [0.25, 0.3) is 0 Å². The molecule has 0 aromatic carbocycles. The van der Waals surface area contributed by atoms with Gasteiger partial charge in [-0.25, -0.2) is 8.42 Å². The summed E-state index contributed by atoms with van der Waals surface area (Å²) < 4.78 is 185. The Kier molecular flexibility index (Phi) is 6.18. The predicted molar refractivity (Wildman–Crippen MR) is 58.1 cm³/mol. The largest absolute Gasteiger partial charge is 0.460 e. The van der Waals surface area contributed by atoms with E-state index in [0.717, 1.165) is 0 Å². The highest BCUT2D eigenvalue weighted by molar-refractivity contribution is 9.47. The average Bonchev–Trinajstić information content (AvgIpc) is 2.33. The van der Waals surface area contributed by atoms with Crippen LogP contribution < -0.4 is 0 Å². The van der Waals surface area contributed by atoms with Gasteiger partial charge in [0.1, 0.15) is 0 Å². The van der Waals surface area contributed by atoms with Crippen LogP contribution in [0.2, 0.25) is 0 Å². The first-order valence-corrected chi connectivity index (χ1v) is 8.83. The quantitative estimate of drug-likeness (QED) is 0.378. The molecule has 0 aliphatic carbocycles. The molecule has 0 N–H and O–H groups in total. The maximum absolute atomic E-state index is 13.1. The summed E-state index contributed by atoms with van der Waals surface area (Å²) in [5.74, 6) is -39.6. The lowest BCUT2D eigenvalue weighted by atomic mass is 9.93. The molecule has 0 atom stereocenters. The van der Waals surface area contributed by atoms with Crippen molar-refractivity contribution in [1.29, 1.82) is 0 Å². The molecule has 152 valence electrons. The summed E-state index contributed by atoms with van der Waals surface area (Å²) in [5.41, 5.74) is 0. The molecule has 0 unspecified atom stereocenters. The third-order valence-electron chi connectivity index (χ3n) is 2.66. The van der Waals surface area contributed by atoms with Crippen molar-refractivity contribution in [2.75, 3.05) is 5.75 Å². The van der Waals surface area contributed by atoms with Gasteiger partial charge in [-0.2, -0.15) is 57.1 Å². The summed E-state index contributed by atoms with van der Waals surface area (Å²) in [4.78, 5) is 0. The normalized spacial score (nSPS) is 16.2. The minimum atomic E-state index is -7.99. The van der Waals surface area contributed by atoms with E-state index in [9.17, 15) is 65.5 Å². The molecule has 0 spiro atoms. The van der Waals surface area contributed by atoms with Crippen LogP contribution in [0.4, 0.5) is 57.1 Å². The third kappa shape index (κ3) is 4.10. The topological polar surface area (TPSA) is 34.1 Å². The lowest BCUT2D eigenvalue weighted by molar-refractivity contribution is -0.439. The fraction of sp³-hybridized carbons (Fsp3) is 1.00. The summed E-state index contributed by atoms with van der Waals surface area (Å²) >= 11 is 1.64. The van der Waals surface area contributed by atoms with E-state index in [0.29, 0.717) is 0 Å². The van der Waals surface area contributed by atoms with Crippen molar-refractivity contribution >= 4 is 23.1 Å². The highest BCUT2D eigenvalue weighted by Crippen LogP contribution is 2.60. The van der Waals surface area contributed by atoms with E-state index in [2.05, 4.69) is 0 Å². The zero-order valence-electron chi connectivity index (χ0n) is 10.9. The predicted octanol–water partition coefficient (Wildman–Crippen LogP) is 4.84. The molecule has 0 saturated heterocycles. The molecule has 2 nitrogen and oxygen atoms in total. The SMILES string of the molecule is O=S(=O)(Br)CCC(F)(F)C(F)(F)C(F)(F)C(F)(F)C(F)(F)C(F)(F)F. The Morgan fingerprint density at radius 3 is 1.20 bits per heavy atom. The van der Waals surface area contributed by atoms with Crippen molar-refractivity contribution in [2.45, 2.75) is 42.2 Å². The lowest BCUT2D eigenvalue weighted by Crippen LogP contribution is -2.70. The molecule has 0 aliphatic rings. The van der Waals surface area contributed by atoms with Gasteiger partial charge in [0, 0.05) is 6.42 Å². The summed E-state index contributed by atoms with van der Waals surface area (Å²) in [6.45, 7) is 0. The van der Waals surface area contributed by atoms with Gasteiger partial charge in [0.15, 0.2) is 0 Å². The van der Waals surface area contributed by atoms with Crippen LogP contribution in [-0.4, -0.2) is 50.0 Å². The summed E-state index contributed by atoms with van der Waals surface area (Å²) in [5, 5.41) is 0. The van der Waals surface area contributed by atoms with Crippen LogP contribution >= 0.6 is 14.8 Å². The van der Waals surface area contributed by atoms with Crippen LogP contribution in [0.5, 0.6) is 0 Å². The van der Waals surface area contributed by atoms with E-state index < -0.39 is 56.2 Å². The maximum atomic E-state index is 13.1. The Labute approximate surface area is 137 Å². The number of halogens is 14. The molecule has 0 rings (SSSR count). The van der Waals surface area contributed by atoms with E-state index in [4.69, 9.17) is 0 Å². The molecular formula is C8H4BrF13O2S. The fourth-order valence-electron chi connectivity index (χ4n) is 1.21. The van der Waals surface area contributed by atoms with Crippen LogP contribution in [0.1, 0.15) is 6.42 Å². The number of alkyl halides is 13. The second-order valence-corrected chi connectivity index (χ2v) is 8.94. The van der Waals surface area contributed by atoms with Crippen molar-refractivity contribution in [2.24, 2.45) is 0 Å². The monoisotopic (exact) mass is 490 g/mol. The molecule has 0 bridgehead atoms. The first-order valence-electron chi connectivity index (χ1n) is 5.34. The molecule has 0 amide bonds. The number of hydrogen-bond acceptors (Lipinski definition) is 2. The summed E-state index contributed by atoms with van der Waals surface area (Å²) in [6, 6.07) is 0. The van der Waals surface area contributed by atoms with E-state index in [1.807, 2.05) is 0 Å². The highest BCUT2D eigenvalue weighted by Gasteiger charge is 2.90. The first kappa shape index (κ1) is 24.5. The van der Waals surface area contributed by atoms with Gasteiger partial charge < -0.3 is 0 Å². The van der Waals surface area contributed by atoms with Gasteiger partial charge >= 0.3 is 35.8 Å². The molecule has 0 heterocycles. The average molecular weight is 491 g/mol. The van der Waals surface area contributed by atoms with Crippen LogP contribution in [0, 0.1) is 0 Å². The van der Waals surface area contributed by atoms with Gasteiger partial charge in [-0.15, -0.1) is 0 Å². The second-order valence-electron chi connectivity index (χ2n) is 4.49. The zero-order valence-corrected chi connectivity index (χ0v) is 13.3. The van der Waals surface area contributed by atoms with Crippen molar-refractivity contribution in [3.8, 4) is 0 Å². The highest BCUT2D eigenvalue weighted by atomic mass is 79.9. The Hall–Kier alpha value is -0.480. The number of rotatable bonds is 7. The van der Waals surface area contributed by atoms with E-state index in [1.165, 1.54) is 0 Å². The molecular weight excluding hydrogens is 487 g/mol. The fourth-order valence-corrected chi connectivity index (χ4v) is 2.19. The first-order chi connectivity index (χ1) is 10.5. The van der Waals surface area contributed by atoms with Gasteiger partial charge in [0.05, 0.1) is 20.6 Å². The Morgan fingerprint density at radius 2 is 0.920 bits per heavy atom. The second kappa shape index (κ2) is 6.30. The van der Waals surface area contributed by atoms with Crippen molar-refractivity contribution < 1.29 is 65.5 Å². The van der Waals surface area contributed by atoms with Gasteiger partial charge in [-0.1, -0.05) is 0 Å². The van der Waals surface area contributed by atoms with E-state index in [1.54, 1.807) is 14.8 Å². The van der Waals surface area contributed by atoms with Gasteiger partial charge in [0.2, 0.25) is 8.27 Å². The molecule has 0 radical (unpaired) electrons. The van der Waals surface area contributed by atoms with Crippen molar-refractivity contribution in [3.05, 3.63) is 0 Å². The van der Waals surface area contributed by atoms with E-state index >= 15 is 0 Å². The molecule has 0 saturated carbocycles. The zero-order chi connectivity index (χ0) is 20.9. The third-order valence-corrected chi connectivity index (χ3v) is 4.32. The standard InChI is InChI=1S/C8H4BrF13O2S/c9-25(23,24)2-1-3(10,11)4(12,13)5(14,15)6(16,17)7(18,19)8(20,21)22/h1-2H2. The maximum Gasteiger partial charge on any atom is 0.460 e. The molecule has 0 aromatic rings. The van der Waals surface area contributed by atoms with E-state index in [-0.39, 0.29) is 0 Å². The minimum absolute atomic E-state index is 1.64. The van der Waals surface area contributed by atoms with Crippen LogP contribution in [0.25, 0.3) is 0 Å². The minimum Gasteiger partial charge on any atom is -0.217 e. The van der Waals surface area contributed by atoms with Crippen molar-refractivity contribution in [1.82, 2.24) is 0 Å². The molecule has 17 heteroatoms. The smallest absolute Gasteiger partial charge is 0.217 e. The van der Waals surface area contributed by atoms with Crippen LogP contribution in [0.15, 0.2) is 0 Å². The van der Waals surface area contributed by atoms with Crippen molar-refractivity contribution in [3.63, 3.8) is 0 Å². The van der Waals surface area contributed by atoms with Crippen LogP contribution in [0.3, 0.4) is 0 Å². The van der Waals surface area contributed by atoms with Gasteiger partial charge in [-0.05, 0) is 0 Å².